The monoisotopic (exact) mass is 229 g/mol. The summed E-state index contributed by atoms with van der Waals surface area (Å²) in [6.45, 7) is 1.73. The maximum Gasteiger partial charge on any atom is 0.337 e. The van der Waals surface area contributed by atoms with E-state index in [-0.39, 0.29) is 0 Å². The molecule has 0 aliphatic carbocycles. The Kier molecular flexibility index (Phi) is 2.70. The second-order valence-corrected chi connectivity index (χ2v) is 2.89. The summed E-state index contributed by atoms with van der Waals surface area (Å²) in [7, 11) is 0. The van der Waals surface area contributed by atoms with Crippen molar-refractivity contribution in [1.82, 2.24) is 4.98 Å². The topological polar surface area (TPSA) is 53.1 Å². The number of hydrogen-bond acceptors (Lipinski definition) is 1. The van der Waals surface area contributed by atoms with Crippen LogP contribution in [0, 0.1) is 6.92 Å². The van der Waals surface area contributed by atoms with Crippen molar-refractivity contribution in [3.63, 3.8) is 0 Å². The fourth-order valence-electron chi connectivity index (χ4n) is 0.963. The van der Waals surface area contributed by atoms with Gasteiger partial charge < -0.3 is 10.1 Å². The molecule has 4 heteroatoms. The highest BCUT2D eigenvalue weighted by Gasteiger charge is 2.08. The Labute approximate surface area is 78.2 Å². The Morgan fingerprint density at radius 2 is 2.42 bits per heavy atom. The third-order valence-electron chi connectivity index (χ3n) is 1.51. The quantitative estimate of drug-likeness (QED) is 0.819. The molecule has 0 radical (unpaired) electrons. The molecule has 0 spiro atoms. The Hall–Kier alpha value is -1.03. The Balaban J connectivity index is 3.08. The maximum atomic E-state index is 10.6. The van der Waals surface area contributed by atoms with E-state index in [1.54, 1.807) is 24.1 Å². The molecule has 1 heterocycles. The molecule has 12 heavy (non-hydrogen) atoms. The van der Waals surface area contributed by atoms with E-state index < -0.39 is 5.97 Å². The van der Waals surface area contributed by atoms with Crippen LogP contribution >= 0.6 is 15.9 Å². The number of halogens is 1. The minimum atomic E-state index is -0.905. The number of hydrogen-bond donors (Lipinski definition) is 2. The standard InChI is InChI=1S/C8H8BrNO2/c1-5-7(8(11)12)4-6(10-5)2-3-9/h2-4,10H,1H3,(H,11,12)/b3-2+. The second-order valence-electron chi connectivity index (χ2n) is 2.36. The average Bonchev–Trinajstić information content (AvgIpc) is 2.32. The van der Waals surface area contributed by atoms with Gasteiger partial charge in [0.1, 0.15) is 0 Å². The third-order valence-corrected chi connectivity index (χ3v) is 1.77. The highest BCUT2D eigenvalue weighted by atomic mass is 79.9. The Morgan fingerprint density at radius 1 is 1.75 bits per heavy atom. The van der Waals surface area contributed by atoms with Gasteiger partial charge in [0.05, 0.1) is 5.56 Å². The summed E-state index contributed by atoms with van der Waals surface area (Å²) in [6, 6.07) is 1.59. The lowest BCUT2D eigenvalue weighted by Crippen LogP contribution is -1.95. The van der Waals surface area contributed by atoms with Crippen molar-refractivity contribution in [2.24, 2.45) is 0 Å². The first-order chi connectivity index (χ1) is 5.65. The minimum absolute atomic E-state index is 0.315. The van der Waals surface area contributed by atoms with E-state index in [0.29, 0.717) is 11.3 Å². The number of carboxylic acids is 1. The average molecular weight is 230 g/mol. The van der Waals surface area contributed by atoms with E-state index in [1.807, 2.05) is 0 Å². The van der Waals surface area contributed by atoms with Crippen molar-refractivity contribution >= 4 is 28.0 Å². The molecule has 0 bridgehead atoms. The van der Waals surface area contributed by atoms with Crippen molar-refractivity contribution in [1.29, 1.82) is 0 Å². The Morgan fingerprint density at radius 3 is 2.83 bits per heavy atom. The van der Waals surface area contributed by atoms with Crippen LogP contribution in [0.3, 0.4) is 0 Å². The largest absolute Gasteiger partial charge is 0.478 e. The summed E-state index contributed by atoms with van der Waals surface area (Å²) in [4.78, 5) is 15.2. The van der Waals surface area contributed by atoms with Crippen molar-refractivity contribution in [3.8, 4) is 0 Å². The molecule has 1 aromatic rings. The lowest BCUT2D eigenvalue weighted by Gasteiger charge is -1.87. The normalized spacial score (nSPS) is 10.8. The number of carbonyl (C=O) groups is 1. The predicted octanol–water partition coefficient (Wildman–Crippen LogP) is 2.39. The molecule has 0 saturated heterocycles. The van der Waals surface area contributed by atoms with E-state index in [9.17, 15) is 4.79 Å². The highest BCUT2D eigenvalue weighted by molar-refractivity contribution is 9.11. The summed E-state index contributed by atoms with van der Waals surface area (Å²) in [5.41, 5.74) is 1.76. The van der Waals surface area contributed by atoms with Gasteiger partial charge >= 0.3 is 5.97 Å². The molecule has 0 aliphatic heterocycles. The molecular formula is C8H8BrNO2. The first-order valence-corrected chi connectivity index (χ1v) is 4.26. The maximum absolute atomic E-state index is 10.6. The van der Waals surface area contributed by atoms with E-state index in [0.717, 1.165) is 5.69 Å². The van der Waals surface area contributed by atoms with Gasteiger partial charge in [0, 0.05) is 11.4 Å². The molecule has 1 aromatic heterocycles. The van der Waals surface area contributed by atoms with Crippen LogP contribution in [-0.4, -0.2) is 16.1 Å². The van der Waals surface area contributed by atoms with Gasteiger partial charge in [-0.1, -0.05) is 15.9 Å². The van der Waals surface area contributed by atoms with Crippen LogP contribution in [0.1, 0.15) is 21.7 Å². The number of H-pyrrole nitrogens is 1. The summed E-state index contributed by atoms with van der Waals surface area (Å²) in [5, 5.41) is 8.69. The SMILES string of the molecule is Cc1[nH]c(/C=C/Br)cc1C(=O)O. The van der Waals surface area contributed by atoms with Gasteiger partial charge in [-0.25, -0.2) is 4.79 Å². The lowest BCUT2D eigenvalue weighted by molar-refractivity contribution is 0.0696. The fourth-order valence-corrected chi connectivity index (χ4v) is 1.25. The van der Waals surface area contributed by atoms with Gasteiger partial charge in [-0.2, -0.15) is 0 Å². The van der Waals surface area contributed by atoms with Crippen LogP contribution in [0.15, 0.2) is 11.1 Å². The number of carboxylic acid groups (broad SMARTS) is 1. The molecule has 1 rings (SSSR count). The van der Waals surface area contributed by atoms with Gasteiger partial charge in [0.25, 0.3) is 0 Å². The summed E-state index contributed by atoms with van der Waals surface area (Å²) in [5.74, 6) is -0.905. The smallest absolute Gasteiger partial charge is 0.337 e. The van der Waals surface area contributed by atoms with E-state index >= 15 is 0 Å². The Bertz CT molecular complexity index is 328. The number of nitrogens with one attached hydrogen (secondary N) is 1. The molecule has 3 nitrogen and oxygen atoms in total. The van der Waals surface area contributed by atoms with Crippen molar-refractivity contribution in [3.05, 3.63) is 28.0 Å². The highest BCUT2D eigenvalue weighted by Crippen LogP contribution is 2.11. The van der Waals surface area contributed by atoms with Gasteiger partial charge in [0.2, 0.25) is 0 Å². The minimum Gasteiger partial charge on any atom is -0.478 e. The first-order valence-electron chi connectivity index (χ1n) is 3.35. The number of aromatic nitrogens is 1. The van der Waals surface area contributed by atoms with Gasteiger partial charge in [-0.05, 0) is 24.1 Å². The first kappa shape index (κ1) is 9.06. The van der Waals surface area contributed by atoms with Crippen LogP contribution in [0.5, 0.6) is 0 Å². The van der Waals surface area contributed by atoms with Crippen LogP contribution in [0.2, 0.25) is 0 Å². The predicted molar refractivity (Wildman–Crippen MR) is 50.5 cm³/mol. The fraction of sp³-hybridized carbons (Fsp3) is 0.125. The van der Waals surface area contributed by atoms with Crippen molar-refractivity contribution in [2.45, 2.75) is 6.92 Å². The summed E-state index contributed by atoms with van der Waals surface area (Å²) >= 11 is 3.11. The summed E-state index contributed by atoms with van der Waals surface area (Å²) in [6.07, 6.45) is 1.75. The summed E-state index contributed by atoms with van der Waals surface area (Å²) < 4.78 is 0. The van der Waals surface area contributed by atoms with Crippen LogP contribution in [0.4, 0.5) is 0 Å². The number of aromatic carboxylic acids is 1. The molecule has 0 amide bonds. The van der Waals surface area contributed by atoms with Gasteiger partial charge in [0.15, 0.2) is 0 Å². The number of aryl methyl sites for hydroxylation is 1. The zero-order valence-corrected chi connectivity index (χ0v) is 8.05. The molecule has 0 aromatic carbocycles. The zero-order valence-electron chi connectivity index (χ0n) is 6.47. The second kappa shape index (κ2) is 3.58. The van der Waals surface area contributed by atoms with Crippen molar-refractivity contribution in [2.75, 3.05) is 0 Å². The third kappa shape index (κ3) is 1.76. The van der Waals surface area contributed by atoms with Crippen LogP contribution < -0.4 is 0 Å². The van der Waals surface area contributed by atoms with E-state index in [4.69, 9.17) is 5.11 Å². The molecular weight excluding hydrogens is 222 g/mol. The molecule has 2 N–H and O–H groups in total. The molecule has 0 atom stereocenters. The van der Waals surface area contributed by atoms with Gasteiger partial charge in [-0.15, -0.1) is 0 Å². The molecule has 0 saturated carbocycles. The van der Waals surface area contributed by atoms with Crippen LogP contribution in [-0.2, 0) is 0 Å². The van der Waals surface area contributed by atoms with E-state index in [2.05, 4.69) is 20.9 Å². The van der Waals surface area contributed by atoms with Gasteiger partial charge in [-0.3, -0.25) is 0 Å². The zero-order chi connectivity index (χ0) is 9.14. The molecule has 0 aliphatic rings. The van der Waals surface area contributed by atoms with E-state index in [1.165, 1.54) is 0 Å². The molecule has 0 unspecified atom stereocenters. The lowest BCUT2D eigenvalue weighted by atomic mass is 10.2. The number of aromatic amines is 1. The molecule has 0 fully saturated rings. The van der Waals surface area contributed by atoms with Crippen LogP contribution in [0.25, 0.3) is 6.08 Å². The van der Waals surface area contributed by atoms with Crippen molar-refractivity contribution < 1.29 is 9.90 Å². The molecule has 64 valence electrons. The number of rotatable bonds is 2.